The van der Waals surface area contributed by atoms with Gasteiger partial charge in [-0.15, -0.1) is 0 Å². The van der Waals surface area contributed by atoms with E-state index in [4.69, 9.17) is 4.74 Å². The maximum Gasteiger partial charge on any atom is 0.428 e. The topological polar surface area (TPSA) is 50.7 Å². The van der Waals surface area contributed by atoms with Crippen LogP contribution >= 0.6 is 0 Å². The van der Waals surface area contributed by atoms with E-state index < -0.39 is 6.09 Å². The maximum atomic E-state index is 11.5. The highest BCUT2D eigenvalue weighted by Gasteiger charge is 2.02. The van der Waals surface area contributed by atoms with Crippen LogP contribution in [0.15, 0.2) is 65.8 Å². The van der Waals surface area contributed by atoms with E-state index >= 15 is 0 Å². The van der Waals surface area contributed by atoms with E-state index in [1.807, 2.05) is 67.6 Å². The summed E-state index contributed by atoms with van der Waals surface area (Å²) in [7, 11) is 0. The number of hydrogen-bond donors (Lipinski definition) is 1. The van der Waals surface area contributed by atoms with Crippen molar-refractivity contribution in [3.63, 3.8) is 0 Å². The lowest BCUT2D eigenvalue weighted by atomic mass is 10.1. The molecule has 4 heteroatoms. The van der Waals surface area contributed by atoms with Gasteiger partial charge in [0, 0.05) is 0 Å². The van der Waals surface area contributed by atoms with Gasteiger partial charge in [0.1, 0.15) is 6.61 Å². The minimum atomic E-state index is -0.566. The quantitative estimate of drug-likeness (QED) is 0.683. The number of nitrogens with zero attached hydrogens (tertiary/aromatic N) is 1. The molecule has 0 aliphatic rings. The molecule has 0 heterocycles. The molecule has 102 valence electrons. The van der Waals surface area contributed by atoms with Gasteiger partial charge in [0.05, 0.1) is 5.71 Å². The first-order valence-corrected chi connectivity index (χ1v) is 6.32. The maximum absolute atomic E-state index is 11.5. The highest BCUT2D eigenvalue weighted by molar-refractivity contribution is 5.98. The summed E-state index contributed by atoms with van der Waals surface area (Å²) >= 11 is 0. The normalized spacial score (nSPS) is 10.9. The molecule has 2 aromatic carbocycles. The van der Waals surface area contributed by atoms with Gasteiger partial charge in [0.15, 0.2) is 0 Å². The van der Waals surface area contributed by atoms with Gasteiger partial charge in [0.25, 0.3) is 0 Å². The van der Waals surface area contributed by atoms with Gasteiger partial charge in [-0.25, -0.2) is 10.2 Å². The lowest BCUT2D eigenvalue weighted by molar-refractivity contribution is 0.140. The fraction of sp³-hybridized carbons (Fsp3) is 0.125. The number of benzene rings is 2. The lowest BCUT2D eigenvalue weighted by Crippen LogP contribution is -2.20. The molecule has 0 unspecified atom stereocenters. The lowest BCUT2D eigenvalue weighted by Gasteiger charge is -2.05. The minimum absolute atomic E-state index is 0.229. The van der Waals surface area contributed by atoms with Crippen molar-refractivity contribution in [1.82, 2.24) is 5.43 Å². The number of carbonyl (C=O) groups excluding carboxylic acids is 1. The van der Waals surface area contributed by atoms with Crippen LogP contribution in [0.2, 0.25) is 0 Å². The molecule has 0 spiro atoms. The molecule has 1 amide bonds. The van der Waals surface area contributed by atoms with Gasteiger partial charge in [-0.05, 0) is 18.1 Å². The second-order valence-electron chi connectivity index (χ2n) is 4.24. The van der Waals surface area contributed by atoms with Crippen molar-refractivity contribution in [3.05, 3.63) is 71.8 Å². The van der Waals surface area contributed by atoms with Crippen LogP contribution in [0.4, 0.5) is 4.79 Å². The van der Waals surface area contributed by atoms with Crippen LogP contribution < -0.4 is 5.43 Å². The number of rotatable bonds is 4. The summed E-state index contributed by atoms with van der Waals surface area (Å²) < 4.78 is 5.06. The Balaban J connectivity index is 1.83. The molecule has 4 nitrogen and oxygen atoms in total. The molecule has 0 bridgehead atoms. The second kappa shape index (κ2) is 7.09. The molecule has 2 aromatic rings. The number of nitrogens with one attached hydrogen (secondary N) is 1. The fourth-order valence-electron chi connectivity index (χ4n) is 1.63. The summed E-state index contributed by atoms with van der Waals surface area (Å²) in [6.07, 6.45) is -0.566. The summed E-state index contributed by atoms with van der Waals surface area (Å²) in [5.41, 5.74) is 4.99. The largest absolute Gasteiger partial charge is 0.443 e. The highest BCUT2D eigenvalue weighted by atomic mass is 16.5. The van der Waals surface area contributed by atoms with Crippen LogP contribution in [0.3, 0.4) is 0 Å². The molecular formula is C16H16N2O2. The third-order valence-corrected chi connectivity index (χ3v) is 2.72. The number of hydrogen-bond acceptors (Lipinski definition) is 3. The monoisotopic (exact) mass is 268 g/mol. The van der Waals surface area contributed by atoms with Gasteiger partial charge in [-0.1, -0.05) is 60.7 Å². The fourth-order valence-corrected chi connectivity index (χ4v) is 1.63. The van der Waals surface area contributed by atoms with Crippen molar-refractivity contribution in [2.24, 2.45) is 5.10 Å². The Hall–Kier alpha value is -2.62. The zero-order chi connectivity index (χ0) is 14.2. The molecule has 0 aliphatic heterocycles. The third kappa shape index (κ3) is 4.24. The van der Waals surface area contributed by atoms with E-state index in [1.54, 1.807) is 0 Å². The van der Waals surface area contributed by atoms with Crippen LogP contribution in [-0.4, -0.2) is 11.8 Å². The molecule has 2 rings (SSSR count). The zero-order valence-electron chi connectivity index (χ0n) is 11.2. The molecule has 0 aromatic heterocycles. The zero-order valence-corrected chi connectivity index (χ0v) is 11.2. The van der Waals surface area contributed by atoms with Gasteiger partial charge < -0.3 is 4.74 Å². The number of amides is 1. The van der Waals surface area contributed by atoms with Crippen LogP contribution in [0.1, 0.15) is 18.1 Å². The van der Waals surface area contributed by atoms with E-state index in [1.165, 1.54) is 0 Å². The van der Waals surface area contributed by atoms with Gasteiger partial charge in [0.2, 0.25) is 0 Å². The summed E-state index contributed by atoms with van der Waals surface area (Å²) in [4.78, 5) is 11.5. The van der Waals surface area contributed by atoms with E-state index in [0.29, 0.717) is 0 Å². The van der Waals surface area contributed by atoms with Crippen LogP contribution in [0.5, 0.6) is 0 Å². The van der Waals surface area contributed by atoms with Gasteiger partial charge in [-0.3, -0.25) is 0 Å². The molecule has 0 atom stereocenters. The van der Waals surface area contributed by atoms with Crippen LogP contribution in [0, 0.1) is 0 Å². The Labute approximate surface area is 118 Å². The van der Waals surface area contributed by atoms with Crippen molar-refractivity contribution in [2.45, 2.75) is 13.5 Å². The molecule has 0 saturated carbocycles. The third-order valence-electron chi connectivity index (χ3n) is 2.72. The second-order valence-corrected chi connectivity index (χ2v) is 4.24. The van der Waals surface area contributed by atoms with Gasteiger partial charge >= 0.3 is 6.09 Å². The number of hydrazone groups is 1. The summed E-state index contributed by atoms with van der Waals surface area (Å²) in [5.74, 6) is 0. The average Bonchev–Trinajstić information content (AvgIpc) is 2.52. The minimum Gasteiger partial charge on any atom is -0.443 e. The first-order valence-electron chi connectivity index (χ1n) is 6.32. The van der Waals surface area contributed by atoms with E-state index in [2.05, 4.69) is 10.5 Å². The standard InChI is InChI=1S/C16H16N2O2/c1-13(15-10-6-3-7-11-15)17-18-16(19)20-12-14-8-4-2-5-9-14/h2-11H,12H2,1H3,(H,18,19)/b17-13+. The van der Waals surface area contributed by atoms with Crippen molar-refractivity contribution < 1.29 is 9.53 Å². The van der Waals surface area contributed by atoms with E-state index in [-0.39, 0.29) is 6.61 Å². The molecule has 1 N–H and O–H groups in total. The van der Waals surface area contributed by atoms with Crippen molar-refractivity contribution >= 4 is 11.8 Å². The van der Waals surface area contributed by atoms with E-state index in [0.717, 1.165) is 16.8 Å². The van der Waals surface area contributed by atoms with Crippen molar-refractivity contribution in [3.8, 4) is 0 Å². The predicted molar refractivity (Wildman–Crippen MR) is 78.4 cm³/mol. The Bertz CT molecular complexity index is 580. The first-order chi connectivity index (χ1) is 9.75. The molecule has 0 aliphatic carbocycles. The molecule has 20 heavy (non-hydrogen) atoms. The van der Waals surface area contributed by atoms with Gasteiger partial charge in [-0.2, -0.15) is 5.10 Å². The number of ether oxygens (including phenoxy) is 1. The predicted octanol–water partition coefficient (Wildman–Crippen LogP) is 3.34. The number of carbonyl (C=O) groups is 1. The smallest absolute Gasteiger partial charge is 0.428 e. The SMILES string of the molecule is C/C(=N\NC(=O)OCc1ccccc1)c1ccccc1. The highest BCUT2D eigenvalue weighted by Crippen LogP contribution is 2.01. The molecule has 0 saturated heterocycles. The Morgan fingerprint density at radius 1 is 1.05 bits per heavy atom. The Morgan fingerprint density at radius 3 is 2.30 bits per heavy atom. The Kier molecular flexibility index (Phi) is 4.89. The molecule has 0 radical (unpaired) electrons. The molecular weight excluding hydrogens is 252 g/mol. The van der Waals surface area contributed by atoms with Crippen LogP contribution in [-0.2, 0) is 11.3 Å². The summed E-state index contributed by atoms with van der Waals surface area (Å²) in [6.45, 7) is 2.05. The summed E-state index contributed by atoms with van der Waals surface area (Å²) in [5, 5.41) is 4.00. The summed E-state index contributed by atoms with van der Waals surface area (Å²) in [6, 6.07) is 19.1. The average molecular weight is 268 g/mol. The Morgan fingerprint density at radius 2 is 1.65 bits per heavy atom. The van der Waals surface area contributed by atoms with Crippen LogP contribution in [0.25, 0.3) is 0 Å². The molecule has 0 fully saturated rings. The first kappa shape index (κ1) is 13.8. The van der Waals surface area contributed by atoms with Crippen molar-refractivity contribution in [2.75, 3.05) is 0 Å². The van der Waals surface area contributed by atoms with Crippen molar-refractivity contribution in [1.29, 1.82) is 0 Å². The van der Waals surface area contributed by atoms with E-state index in [9.17, 15) is 4.79 Å².